The number of rotatable bonds is 9. The van der Waals surface area contributed by atoms with Crippen LogP contribution >= 0.6 is 0 Å². The largest absolute Gasteiger partial charge is 0.492 e. The van der Waals surface area contributed by atoms with Gasteiger partial charge in [0.1, 0.15) is 11.6 Å². The first-order chi connectivity index (χ1) is 20.0. The second kappa shape index (κ2) is 11.2. The van der Waals surface area contributed by atoms with Crippen LogP contribution in [0, 0.1) is 23.1 Å². The van der Waals surface area contributed by atoms with Crippen LogP contribution in [0.15, 0.2) is 81.3 Å². The fourth-order valence-electron chi connectivity index (χ4n) is 5.15. The van der Waals surface area contributed by atoms with Crippen LogP contribution in [0.4, 0.5) is 4.39 Å². The Labute approximate surface area is 241 Å². The number of sulfone groups is 1. The minimum atomic E-state index is -4.59. The molecular formula is C31H27FN4O5S. The molecule has 0 radical (unpaired) electrons. The highest BCUT2D eigenvalue weighted by Crippen LogP contribution is 2.35. The Kier molecular flexibility index (Phi) is 7.67. The number of carbonyl (C=O) groups is 1. The number of aromatic nitrogens is 2. The van der Waals surface area contributed by atoms with Crippen molar-refractivity contribution in [2.75, 3.05) is 0 Å². The number of amides is 1. The molecule has 1 saturated carbocycles. The summed E-state index contributed by atoms with van der Waals surface area (Å²) in [4.78, 5) is 28.9. The maximum atomic E-state index is 14.4. The fraction of sp³-hybridized carbons (Fsp3) is 0.226. The maximum Gasteiger partial charge on any atom is 0.277 e. The predicted octanol–water partition coefficient (Wildman–Crippen LogP) is 4.51. The van der Waals surface area contributed by atoms with Crippen LogP contribution in [0.1, 0.15) is 59.5 Å². The second-order valence-corrected chi connectivity index (χ2v) is 12.1. The van der Waals surface area contributed by atoms with Gasteiger partial charge >= 0.3 is 0 Å². The van der Waals surface area contributed by atoms with Crippen molar-refractivity contribution >= 4 is 15.7 Å². The van der Waals surface area contributed by atoms with Gasteiger partial charge in [0, 0.05) is 12.0 Å². The molecule has 0 bridgehead atoms. The van der Waals surface area contributed by atoms with E-state index < -0.39 is 43.9 Å². The first-order valence-corrected chi connectivity index (χ1v) is 14.8. The van der Waals surface area contributed by atoms with Crippen molar-refractivity contribution in [3.8, 4) is 23.1 Å². The quantitative estimate of drug-likeness (QED) is 0.292. The number of halogens is 1. The van der Waals surface area contributed by atoms with E-state index in [0.717, 1.165) is 18.9 Å². The van der Waals surface area contributed by atoms with Gasteiger partial charge in [0.15, 0.2) is 4.90 Å². The van der Waals surface area contributed by atoms with Crippen LogP contribution in [0.25, 0.3) is 11.1 Å². The molecule has 11 heteroatoms. The van der Waals surface area contributed by atoms with Crippen molar-refractivity contribution in [3.05, 3.63) is 105 Å². The molecule has 0 saturated heterocycles. The molecule has 1 aromatic heterocycles. The number of nitrogens with two attached hydrogens (primary N) is 1. The summed E-state index contributed by atoms with van der Waals surface area (Å²) in [6.07, 6.45) is 2.38. The normalized spacial score (nSPS) is 13.8. The van der Waals surface area contributed by atoms with Gasteiger partial charge in [-0.2, -0.15) is 10.2 Å². The molecule has 0 aliphatic heterocycles. The standard InChI is InChI=1S/C31H27FN4O5S/c1-2-26(21-13-19(17-33)14-22(32)16-21)36-27(15-18-7-8-18)35-30(38)28(31(36)39)42(40,41)23-11-9-20(10-12-23)24-5-3-4-6-25(24)29(34)37/h3-6,9-14,16,18,26,38H,2,7-8,15H2,1H3,(H2,34,37). The summed E-state index contributed by atoms with van der Waals surface area (Å²) in [6, 6.07) is 16.9. The first kappa shape index (κ1) is 28.7. The van der Waals surface area contributed by atoms with E-state index in [4.69, 9.17) is 5.73 Å². The summed E-state index contributed by atoms with van der Waals surface area (Å²) in [5, 5.41) is 20.2. The van der Waals surface area contributed by atoms with Crippen molar-refractivity contribution in [1.82, 2.24) is 9.55 Å². The zero-order valence-corrected chi connectivity index (χ0v) is 23.4. The third-order valence-corrected chi connectivity index (χ3v) is 9.15. The molecule has 0 spiro atoms. The van der Waals surface area contributed by atoms with Crippen molar-refractivity contribution in [1.29, 1.82) is 5.26 Å². The van der Waals surface area contributed by atoms with Crippen LogP contribution in [0.5, 0.6) is 5.88 Å². The molecule has 5 rings (SSSR count). The maximum absolute atomic E-state index is 14.4. The van der Waals surface area contributed by atoms with Crippen LogP contribution in [-0.4, -0.2) is 29.0 Å². The monoisotopic (exact) mass is 586 g/mol. The summed E-state index contributed by atoms with van der Waals surface area (Å²) in [6.45, 7) is 1.75. The van der Waals surface area contributed by atoms with E-state index in [1.165, 1.54) is 41.0 Å². The molecule has 3 N–H and O–H groups in total. The van der Waals surface area contributed by atoms with Gasteiger partial charge in [-0.1, -0.05) is 37.3 Å². The summed E-state index contributed by atoms with van der Waals surface area (Å²) in [5.41, 5.74) is 6.13. The number of hydrogen-bond donors (Lipinski definition) is 2. The summed E-state index contributed by atoms with van der Waals surface area (Å²) in [7, 11) is -4.59. The van der Waals surface area contributed by atoms with Gasteiger partial charge in [0.25, 0.3) is 5.56 Å². The highest BCUT2D eigenvalue weighted by molar-refractivity contribution is 7.91. The lowest BCUT2D eigenvalue weighted by molar-refractivity contribution is 0.100. The number of aromatic hydroxyl groups is 1. The lowest BCUT2D eigenvalue weighted by atomic mass is 9.99. The Morgan fingerprint density at radius 1 is 1.17 bits per heavy atom. The SMILES string of the molecule is CCC(c1cc(F)cc(C#N)c1)n1c(CC2CC2)nc(O)c(S(=O)(=O)c2ccc(-c3ccccc3C(N)=O)cc2)c1=O. The van der Waals surface area contributed by atoms with Crippen LogP contribution in [0.2, 0.25) is 0 Å². The van der Waals surface area contributed by atoms with Crippen molar-refractivity contribution in [3.63, 3.8) is 0 Å². The number of nitriles is 1. The number of nitrogens with zero attached hydrogens (tertiary/aromatic N) is 3. The molecule has 4 aromatic rings. The van der Waals surface area contributed by atoms with Gasteiger partial charge in [-0.25, -0.2) is 12.8 Å². The number of primary amides is 1. The Hall–Kier alpha value is -4.82. The number of benzene rings is 3. The van der Waals surface area contributed by atoms with E-state index in [2.05, 4.69) is 4.98 Å². The number of carbonyl (C=O) groups excluding carboxylic acids is 1. The molecule has 214 valence electrons. The first-order valence-electron chi connectivity index (χ1n) is 13.3. The molecule has 1 heterocycles. The van der Waals surface area contributed by atoms with E-state index in [9.17, 15) is 32.8 Å². The third-order valence-electron chi connectivity index (χ3n) is 7.37. The lowest BCUT2D eigenvalue weighted by Gasteiger charge is -2.23. The molecular weight excluding hydrogens is 559 g/mol. The van der Waals surface area contributed by atoms with E-state index in [0.29, 0.717) is 23.1 Å². The van der Waals surface area contributed by atoms with Gasteiger partial charge in [-0.05, 0) is 78.3 Å². The molecule has 1 aliphatic rings. The van der Waals surface area contributed by atoms with Crippen molar-refractivity contribution < 1.29 is 22.7 Å². The Bertz CT molecular complexity index is 1910. The smallest absolute Gasteiger partial charge is 0.277 e. The average Bonchev–Trinajstić information content (AvgIpc) is 3.78. The molecule has 1 atom stereocenters. The third kappa shape index (κ3) is 5.41. The van der Waals surface area contributed by atoms with E-state index in [-0.39, 0.29) is 34.2 Å². The highest BCUT2D eigenvalue weighted by atomic mass is 32.2. The van der Waals surface area contributed by atoms with Gasteiger partial charge < -0.3 is 10.8 Å². The predicted molar refractivity (Wildman–Crippen MR) is 152 cm³/mol. The van der Waals surface area contributed by atoms with E-state index >= 15 is 0 Å². The lowest BCUT2D eigenvalue weighted by Crippen LogP contribution is -2.33. The van der Waals surface area contributed by atoms with Gasteiger partial charge in [0.2, 0.25) is 21.6 Å². The average molecular weight is 587 g/mol. The zero-order chi connectivity index (χ0) is 30.2. The molecule has 42 heavy (non-hydrogen) atoms. The van der Waals surface area contributed by atoms with E-state index in [1.807, 2.05) is 6.07 Å². The van der Waals surface area contributed by atoms with Gasteiger partial charge in [-0.15, -0.1) is 0 Å². The van der Waals surface area contributed by atoms with Crippen LogP contribution in [0.3, 0.4) is 0 Å². The second-order valence-electron chi connectivity index (χ2n) is 10.3. The zero-order valence-electron chi connectivity index (χ0n) is 22.6. The molecule has 1 aliphatic carbocycles. The van der Waals surface area contributed by atoms with Crippen molar-refractivity contribution in [2.45, 2.75) is 48.4 Å². The molecule has 3 aromatic carbocycles. The molecule has 1 unspecified atom stereocenters. The highest BCUT2D eigenvalue weighted by Gasteiger charge is 2.34. The van der Waals surface area contributed by atoms with Crippen LogP contribution < -0.4 is 11.3 Å². The van der Waals surface area contributed by atoms with E-state index in [1.54, 1.807) is 31.2 Å². The summed E-state index contributed by atoms with van der Waals surface area (Å²) in [5.74, 6) is -1.82. The summed E-state index contributed by atoms with van der Waals surface area (Å²) < 4.78 is 43.2. The topological polar surface area (TPSA) is 156 Å². The van der Waals surface area contributed by atoms with Crippen molar-refractivity contribution in [2.24, 2.45) is 11.7 Å². The molecule has 9 nitrogen and oxygen atoms in total. The number of hydrogen-bond acceptors (Lipinski definition) is 7. The van der Waals surface area contributed by atoms with Gasteiger partial charge in [0.05, 0.1) is 22.6 Å². The molecule has 1 amide bonds. The van der Waals surface area contributed by atoms with Gasteiger partial charge in [-0.3, -0.25) is 14.2 Å². The molecule has 1 fully saturated rings. The fourth-order valence-corrected chi connectivity index (χ4v) is 6.49. The summed E-state index contributed by atoms with van der Waals surface area (Å²) >= 11 is 0. The Morgan fingerprint density at radius 2 is 1.86 bits per heavy atom. The minimum Gasteiger partial charge on any atom is -0.492 e. The Balaban J connectivity index is 1.65. The Morgan fingerprint density at radius 3 is 2.48 bits per heavy atom. The van der Waals surface area contributed by atoms with Crippen LogP contribution in [-0.2, 0) is 16.3 Å². The minimum absolute atomic E-state index is 0.0535.